The molecule has 17 heavy (non-hydrogen) atoms. The largest absolute Gasteiger partial charge is 0.481 e. The first kappa shape index (κ1) is 9.89. The second-order valence-electron chi connectivity index (χ2n) is 3.98. The maximum Gasteiger partial charge on any atom is 0.312 e. The summed E-state index contributed by atoms with van der Waals surface area (Å²) in [7, 11) is 0. The van der Waals surface area contributed by atoms with Crippen LogP contribution in [0.4, 0.5) is 5.69 Å². The van der Waals surface area contributed by atoms with E-state index >= 15 is 0 Å². The Bertz CT molecular complexity index is 701. The van der Waals surface area contributed by atoms with Gasteiger partial charge in [-0.2, -0.15) is 5.11 Å². The molecule has 0 saturated heterocycles. The van der Waals surface area contributed by atoms with Crippen LogP contribution in [0.15, 0.2) is 33.6 Å². The van der Waals surface area contributed by atoms with E-state index in [4.69, 9.17) is 5.11 Å². The van der Waals surface area contributed by atoms with Gasteiger partial charge in [-0.05, 0) is 25.1 Å². The van der Waals surface area contributed by atoms with Crippen LogP contribution >= 0.6 is 0 Å². The van der Waals surface area contributed by atoms with Crippen molar-refractivity contribution >= 4 is 23.4 Å². The Morgan fingerprint density at radius 3 is 2.94 bits per heavy atom. The summed E-state index contributed by atoms with van der Waals surface area (Å²) in [6.45, 7) is 1.61. The molecule has 5 nitrogen and oxygen atoms in total. The number of hydrogen-bond donors (Lipinski definition) is 1. The van der Waals surface area contributed by atoms with Gasteiger partial charge in [0, 0.05) is 17.0 Å². The van der Waals surface area contributed by atoms with E-state index < -0.39 is 11.9 Å². The van der Waals surface area contributed by atoms with Crippen LogP contribution in [0.3, 0.4) is 0 Å². The Morgan fingerprint density at radius 1 is 1.35 bits per heavy atom. The maximum atomic E-state index is 11.0. The quantitative estimate of drug-likeness (QED) is 0.824. The molecule has 3 rings (SSSR count). The Kier molecular flexibility index (Phi) is 1.95. The number of hydrogen-bond acceptors (Lipinski definition) is 4. The van der Waals surface area contributed by atoms with Gasteiger partial charge in [0.05, 0.1) is 17.0 Å². The fourth-order valence-corrected chi connectivity index (χ4v) is 1.98. The minimum atomic E-state index is -0.896. The maximum absolute atomic E-state index is 11.0. The van der Waals surface area contributed by atoms with E-state index in [-0.39, 0.29) is 0 Å². The summed E-state index contributed by atoms with van der Waals surface area (Å²) >= 11 is 0. The zero-order chi connectivity index (χ0) is 12.0. The molecule has 2 heterocycles. The van der Waals surface area contributed by atoms with Crippen molar-refractivity contribution in [2.75, 3.05) is 0 Å². The Balaban J connectivity index is 2.30. The molecule has 0 saturated carbocycles. The van der Waals surface area contributed by atoms with E-state index in [0.717, 1.165) is 21.8 Å². The third-order valence-corrected chi connectivity index (χ3v) is 2.96. The highest BCUT2D eigenvalue weighted by atomic mass is 16.4. The first-order valence-electron chi connectivity index (χ1n) is 5.24. The van der Waals surface area contributed by atoms with Crippen molar-refractivity contribution in [2.45, 2.75) is 6.92 Å². The molecule has 1 aromatic rings. The molecular formula is C12H9N3O2. The molecule has 0 bridgehead atoms. The number of carbonyl (C=O) groups is 1. The van der Waals surface area contributed by atoms with Crippen LogP contribution in [0.2, 0.25) is 0 Å². The number of aliphatic carboxylic acids is 1. The summed E-state index contributed by atoms with van der Waals surface area (Å²) < 4.78 is 0. The van der Waals surface area contributed by atoms with Gasteiger partial charge in [-0.25, -0.2) is 0 Å². The van der Waals surface area contributed by atoms with E-state index in [9.17, 15) is 4.79 Å². The molecule has 0 radical (unpaired) electrons. The zero-order valence-electron chi connectivity index (χ0n) is 9.08. The van der Waals surface area contributed by atoms with Crippen LogP contribution in [0.25, 0.3) is 11.8 Å². The third-order valence-electron chi connectivity index (χ3n) is 2.96. The summed E-state index contributed by atoms with van der Waals surface area (Å²) in [6, 6.07) is 3.69. The van der Waals surface area contributed by atoms with E-state index in [1.807, 2.05) is 18.2 Å². The predicted molar refractivity (Wildman–Crippen MR) is 61.0 cm³/mol. The number of benzene rings is 1. The van der Waals surface area contributed by atoms with Gasteiger partial charge in [0.2, 0.25) is 0 Å². The predicted octanol–water partition coefficient (Wildman–Crippen LogP) is 1.22. The summed E-state index contributed by atoms with van der Waals surface area (Å²) in [6.07, 6.45) is 3.57. The first-order valence-corrected chi connectivity index (χ1v) is 5.24. The Labute approximate surface area is 96.5 Å². The minimum absolute atomic E-state index is 0.510. The summed E-state index contributed by atoms with van der Waals surface area (Å²) in [4.78, 5) is 15.1. The van der Waals surface area contributed by atoms with Crippen LogP contribution in [0, 0.1) is 5.92 Å². The molecule has 0 spiro atoms. The highest BCUT2D eigenvalue weighted by Crippen LogP contribution is 2.26. The third kappa shape index (κ3) is 1.32. The highest BCUT2D eigenvalue weighted by Gasteiger charge is 2.23. The highest BCUT2D eigenvalue weighted by molar-refractivity contribution is 5.83. The van der Waals surface area contributed by atoms with Crippen molar-refractivity contribution in [3.8, 4) is 0 Å². The smallest absolute Gasteiger partial charge is 0.312 e. The van der Waals surface area contributed by atoms with Crippen LogP contribution in [-0.2, 0) is 4.79 Å². The van der Waals surface area contributed by atoms with Crippen molar-refractivity contribution in [1.29, 1.82) is 0 Å². The zero-order valence-corrected chi connectivity index (χ0v) is 9.08. The second-order valence-corrected chi connectivity index (χ2v) is 3.98. The number of azo groups is 1. The lowest BCUT2D eigenvalue weighted by molar-refractivity contribution is -0.139. The fraction of sp³-hybridized carbons (Fsp3) is 0.167. The topological polar surface area (TPSA) is 74.4 Å². The molecule has 0 aromatic heterocycles. The normalized spacial score (nSPS) is 16.6. The van der Waals surface area contributed by atoms with Gasteiger partial charge in [-0.3, -0.25) is 9.79 Å². The standard InChI is InChI=1S/C12H9N3O2/c1-6(12(16)17)10-8-2-3-9-7(4-5-13-9)11(8)15-14-10/h2-6H,1H3,(H,16,17). The molecular weight excluding hydrogens is 218 g/mol. The van der Waals surface area contributed by atoms with Gasteiger partial charge in [-0.15, -0.1) is 5.11 Å². The van der Waals surface area contributed by atoms with Gasteiger partial charge in [0.15, 0.2) is 0 Å². The molecule has 1 unspecified atom stereocenters. The number of nitrogens with zero attached hydrogens (tertiary/aromatic N) is 3. The van der Waals surface area contributed by atoms with Gasteiger partial charge >= 0.3 is 5.97 Å². The van der Waals surface area contributed by atoms with Crippen LogP contribution < -0.4 is 10.6 Å². The van der Waals surface area contributed by atoms with Crippen molar-refractivity contribution in [3.05, 3.63) is 34.5 Å². The van der Waals surface area contributed by atoms with Crippen molar-refractivity contribution in [1.82, 2.24) is 0 Å². The molecule has 1 atom stereocenters. The van der Waals surface area contributed by atoms with Gasteiger partial charge < -0.3 is 5.11 Å². The van der Waals surface area contributed by atoms with Crippen LogP contribution in [0.1, 0.15) is 12.5 Å². The molecule has 1 aromatic carbocycles. The molecule has 0 aliphatic carbocycles. The second kappa shape index (κ2) is 3.35. The molecule has 5 heteroatoms. The molecule has 2 aliphatic rings. The summed E-state index contributed by atoms with van der Waals surface area (Å²) in [5.74, 6) is -1.55. The lowest BCUT2D eigenvalue weighted by Gasteiger charge is -2.02. The minimum Gasteiger partial charge on any atom is -0.481 e. The lowest BCUT2D eigenvalue weighted by atomic mass is 10.0. The van der Waals surface area contributed by atoms with E-state index in [2.05, 4.69) is 15.2 Å². The number of carboxylic acid groups (broad SMARTS) is 1. The molecule has 1 N–H and O–H groups in total. The van der Waals surface area contributed by atoms with Gasteiger partial charge in [-0.1, -0.05) is 0 Å². The van der Waals surface area contributed by atoms with E-state index in [1.165, 1.54) is 0 Å². The monoisotopic (exact) mass is 227 g/mol. The van der Waals surface area contributed by atoms with E-state index in [0.29, 0.717) is 5.70 Å². The average Bonchev–Trinajstić information content (AvgIpc) is 2.92. The van der Waals surface area contributed by atoms with Crippen molar-refractivity contribution in [3.63, 3.8) is 0 Å². The number of fused-ring (bicyclic) bond motifs is 3. The Morgan fingerprint density at radius 2 is 2.18 bits per heavy atom. The fourth-order valence-electron chi connectivity index (χ4n) is 1.98. The molecule has 0 fully saturated rings. The molecule has 0 amide bonds. The van der Waals surface area contributed by atoms with Crippen LogP contribution in [0.5, 0.6) is 0 Å². The summed E-state index contributed by atoms with van der Waals surface area (Å²) in [5.41, 5.74) is 2.15. The first-order chi connectivity index (χ1) is 8.18. The van der Waals surface area contributed by atoms with Gasteiger partial charge in [0.1, 0.15) is 5.69 Å². The summed E-state index contributed by atoms with van der Waals surface area (Å²) in [5, 5.41) is 18.7. The Hall–Kier alpha value is -2.30. The lowest BCUT2D eigenvalue weighted by Crippen LogP contribution is -2.18. The van der Waals surface area contributed by atoms with Crippen molar-refractivity contribution in [2.24, 2.45) is 21.1 Å². The molecule has 84 valence electrons. The van der Waals surface area contributed by atoms with E-state index in [1.54, 1.807) is 13.1 Å². The number of carboxylic acids is 1. The average molecular weight is 227 g/mol. The molecule has 2 aliphatic heterocycles. The SMILES string of the molecule is CC(C(=O)O)C1=c2ccc3c(c2N=N1)C=CN=3. The van der Waals surface area contributed by atoms with Crippen LogP contribution in [-0.4, -0.2) is 11.1 Å². The van der Waals surface area contributed by atoms with Crippen molar-refractivity contribution < 1.29 is 9.90 Å². The van der Waals surface area contributed by atoms with Gasteiger partial charge in [0.25, 0.3) is 0 Å². The number of rotatable bonds is 2.